The molecule has 0 aromatic carbocycles. The number of carbonyl (C=O) groups excluding carboxylic acids is 1. The molecule has 2 unspecified atom stereocenters. The third-order valence-corrected chi connectivity index (χ3v) is 16.7. The van der Waals surface area contributed by atoms with Crippen molar-refractivity contribution in [2.75, 3.05) is 7.11 Å². The van der Waals surface area contributed by atoms with Crippen LogP contribution < -0.4 is 0 Å². The van der Waals surface area contributed by atoms with Gasteiger partial charge in [0.1, 0.15) is 0 Å². The molecule has 0 aliphatic rings. The van der Waals surface area contributed by atoms with Crippen molar-refractivity contribution in [2.45, 2.75) is 135 Å². The van der Waals surface area contributed by atoms with Gasteiger partial charge in [0.15, 0.2) is 16.6 Å². The van der Waals surface area contributed by atoms with E-state index in [9.17, 15) is 4.79 Å². The van der Waals surface area contributed by atoms with Crippen LogP contribution in [0, 0.1) is 23.7 Å². The Bertz CT molecular complexity index is 1010. The van der Waals surface area contributed by atoms with Crippen LogP contribution >= 0.6 is 0 Å². The van der Waals surface area contributed by atoms with E-state index in [4.69, 9.17) is 13.6 Å². The molecule has 0 saturated heterocycles. The van der Waals surface area contributed by atoms with Crippen molar-refractivity contribution in [3.05, 3.63) is 48.6 Å². The van der Waals surface area contributed by atoms with Gasteiger partial charge in [-0.1, -0.05) is 96.5 Å². The van der Waals surface area contributed by atoms with Gasteiger partial charge in [0, 0.05) is 6.42 Å². The van der Waals surface area contributed by atoms with Gasteiger partial charge in [0.2, 0.25) is 0 Å². The summed E-state index contributed by atoms with van der Waals surface area (Å²) in [4.78, 5) is 11.3. The fraction of sp³-hybridized carbons (Fsp3) is 0.629. The second-order valence-electron chi connectivity index (χ2n) is 13.3. The third-order valence-electron chi connectivity index (χ3n) is 7.72. The lowest BCUT2D eigenvalue weighted by molar-refractivity contribution is -0.140. The van der Waals surface area contributed by atoms with Gasteiger partial charge in [-0.25, -0.2) is 0 Å². The van der Waals surface area contributed by atoms with Crippen molar-refractivity contribution in [1.29, 1.82) is 0 Å². The molecule has 0 rings (SSSR count). The second-order valence-corrected chi connectivity index (χ2v) is 22.8. The maximum atomic E-state index is 11.3. The lowest BCUT2D eigenvalue weighted by Crippen LogP contribution is -2.43. The van der Waals surface area contributed by atoms with Crippen molar-refractivity contribution in [1.82, 2.24) is 0 Å². The summed E-state index contributed by atoms with van der Waals surface area (Å²) in [6.07, 6.45) is 20.5. The van der Waals surface area contributed by atoms with Crippen LogP contribution in [0.3, 0.4) is 0 Å². The Morgan fingerprint density at radius 1 is 0.756 bits per heavy atom. The van der Waals surface area contributed by atoms with Crippen LogP contribution in [0.15, 0.2) is 48.6 Å². The average Bonchev–Trinajstić information content (AvgIpc) is 2.85. The molecule has 4 nitrogen and oxygen atoms in total. The van der Waals surface area contributed by atoms with Crippen LogP contribution in [0.2, 0.25) is 36.3 Å². The molecular formula is C35H58O4Si2. The Morgan fingerprint density at radius 3 is 1.59 bits per heavy atom. The van der Waals surface area contributed by atoms with Crippen LogP contribution in [0.5, 0.6) is 0 Å². The van der Waals surface area contributed by atoms with E-state index in [0.717, 1.165) is 19.3 Å². The van der Waals surface area contributed by atoms with Crippen molar-refractivity contribution < 1.29 is 18.4 Å². The molecule has 0 saturated carbocycles. The Balaban J connectivity index is 5.26. The molecular weight excluding hydrogens is 541 g/mol. The highest BCUT2D eigenvalue weighted by Crippen LogP contribution is 2.38. The van der Waals surface area contributed by atoms with Gasteiger partial charge in [0.25, 0.3) is 0 Å². The summed E-state index contributed by atoms with van der Waals surface area (Å²) in [7, 11) is -2.40. The summed E-state index contributed by atoms with van der Waals surface area (Å²) in [5.41, 5.74) is 0. The van der Waals surface area contributed by atoms with Gasteiger partial charge in [-0.3, -0.25) is 4.79 Å². The molecule has 0 spiro atoms. The molecule has 2 atom stereocenters. The summed E-state index contributed by atoms with van der Waals surface area (Å²) >= 11 is 0. The Hall–Kier alpha value is -2.10. The highest BCUT2D eigenvalue weighted by molar-refractivity contribution is 6.74. The lowest BCUT2D eigenvalue weighted by atomic mass is 10.2. The van der Waals surface area contributed by atoms with Gasteiger partial charge in [-0.2, -0.15) is 0 Å². The van der Waals surface area contributed by atoms with Crippen LogP contribution in [-0.4, -0.2) is 41.9 Å². The number of hydrogen-bond acceptors (Lipinski definition) is 4. The predicted molar refractivity (Wildman–Crippen MR) is 182 cm³/mol. The van der Waals surface area contributed by atoms with Gasteiger partial charge >= 0.3 is 5.97 Å². The van der Waals surface area contributed by atoms with Gasteiger partial charge in [-0.15, -0.1) is 0 Å². The first-order valence-electron chi connectivity index (χ1n) is 15.0. The fourth-order valence-corrected chi connectivity index (χ4v) is 5.64. The summed E-state index contributed by atoms with van der Waals surface area (Å²) in [5, 5.41) is 0.279. The highest BCUT2D eigenvalue weighted by Gasteiger charge is 2.39. The molecule has 0 bridgehead atoms. The molecule has 6 heteroatoms. The number of carbonyl (C=O) groups is 1. The normalized spacial score (nSPS) is 14.7. The molecule has 230 valence electrons. The van der Waals surface area contributed by atoms with E-state index in [1.807, 2.05) is 24.3 Å². The number of allylic oxidation sites excluding steroid dienone is 4. The van der Waals surface area contributed by atoms with E-state index in [-0.39, 0.29) is 28.3 Å². The lowest BCUT2D eigenvalue weighted by Gasteiger charge is -2.38. The first-order valence-corrected chi connectivity index (χ1v) is 20.8. The van der Waals surface area contributed by atoms with E-state index in [1.54, 1.807) is 0 Å². The molecule has 0 heterocycles. The molecule has 0 aromatic heterocycles. The Morgan fingerprint density at radius 2 is 1.20 bits per heavy atom. The average molecular weight is 599 g/mol. The molecule has 0 N–H and O–H groups in total. The summed E-state index contributed by atoms with van der Waals surface area (Å²) in [6, 6.07) is 0. The summed E-state index contributed by atoms with van der Waals surface area (Å²) < 4.78 is 17.9. The zero-order chi connectivity index (χ0) is 31.6. The minimum absolute atomic E-state index is 0.0364. The number of methoxy groups -OCH3 is 1. The molecule has 0 aliphatic carbocycles. The van der Waals surface area contributed by atoms with E-state index in [0.29, 0.717) is 19.3 Å². The quantitative estimate of drug-likeness (QED) is 0.0864. The largest absolute Gasteiger partial charge is 0.469 e. The minimum Gasteiger partial charge on any atom is -0.469 e. The first-order chi connectivity index (χ1) is 19.0. The molecule has 0 fully saturated rings. The maximum Gasteiger partial charge on any atom is 0.305 e. The van der Waals surface area contributed by atoms with Crippen molar-refractivity contribution in [2.24, 2.45) is 0 Å². The fourth-order valence-electron chi connectivity index (χ4n) is 3.07. The zero-order valence-corrected chi connectivity index (χ0v) is 30.1. The highest BCUT2D eigenvalue weighted by atomic mass is 28.4. The molecule has 0 radical (unpaired) electrons. The van der Waals surface area contributed by atoms with E-state index in [2.05, 4.69) is 123 Å². The SMILES string of the molecule is CC/C=C/CC(/C=C/C#CCC#C/C=C/C(C/C=C/CCC(=O)OC)O[Si](C)(C)C(C)(C)C)O[Si](C)(C)C(C)(C)C. The Kier molecular flexibility index (Phi) is 18.2. The maximum absolute atomic E-state index is 11.3. The van der Waals surface area contributed by atoms with Gasteiger partial charge in [0.05, 0.1) is 25.7 Å². The van der Waals surface area contributed by atoms with Gasteiger partial charge in [-0.05, 0) is 86.3 Å². The van der Waals surface area contributed by atoms with Crippen molar-refractivity contribution in [3.63, 3.8) is 0 Å². The Labute approximate surface area is 255 Å². The predicted octanol–water partition coefficient (Wildman–Crippen LogP) is 9.53. The van der Waals surface area contributed by atoms with Crippen LogP contribution in [-0.2, 0) is 18.4 Å². The first kappa shape index (κ1) is 38.9. The van der Waals surface area contributed by atoms with E-state index < -0.39 is 16.6 Å². The number of hydrogen-bond donors (Lipinski definition) is 0. The second kappa shape index (κ2) is 19.2. The van der Waals surface area contributed by atoms with Crippen LogP contribution in [0.25, 0.3) is 0 Å². The van der Waals surface area contributed by atoms with Gasteiger partial charge < -0.3 is 13.6 Å². The topological polar surface area (TPSA) is 44.8 Å². The molecule has 0 amide bonds. The monoisotopic (exact) mass is 598 g/mol. The van der Waals surface area contributed by atoms with E-state index >= 15 is 0 Å². The number of esters is 1. The summed E-state index contributed by atoms with van der Waals surface area (Å²) in [6.45, 7) is 24.7. The van der Waals surface area contributed by atoms with Crippen molar-refractivity contribution >= 4 is 22.6 Å². The van der Waals surface area contributed by atoms with E-state index in [1.165, 1.54) is 7.11 Å². The molecule has 0 aliphatic heterocycles. The zero-order valence-electron chi connectivity index (χ0n) is 28.1. The third kappa shape index (κ3) is 17.5. The molecule has 0 aromatic rings. The number of ether oxygens (including phenoxy) is 1. The van der Waals surface area contributed by atoms with Crippen LogP contribution in [0.1, 0.15) is 87.0 Å². The number of rotatable bonds is 14. The van der Waals surface area contributed by atoms with Crippen LogP contribution in [0.4, 0.5) is 0 Å². The van der Waals surface area contributed by atoms with Crippen molar-refractivity contribution in [3.8, 4) is 23.7 Å². The molecule has 41 heavy (non-hydrogen) atoms. The summed E-state index contributed by atoms with van der Waals surface area (Å²) in [5.74, 6) is 12.3. The smallest absolute Gasteiger partial charge is 0.305 e. The minimum atomic E-state index is -1.95. The standard InChI is InChI=1S/C35H58O4Si2/c1-13-14-21-26-31(38-40(9,10)34(2,3)4)27-22-18-16-15-17-19-23-28-32(39-41(11,12)35(5,6)7)29-24-20-25-30-33(36)37-8/h14,20-24,27-28,31-32H,13,15,25-26,29-30H2,1-12H3/b21-14+,24-20+,27-22+,28-23+.